The van der Waals surface area contributed by atoms with Crippen molar-refractivity contribution in [3.8, 4) is 0 Å². The van der Waals surface area contributed by atoms with E-state index in [1.807, 2.05) is 29.2 Å². The average Bonchev–Trinajstić information content (AvgIpc) is 3.38. The lowest BCUT2D eigenvalue weighted by Gasteiger charge is -2.35. The molecule has 1 N–H and O–H groups in total. The molecule has 0 aromatic heterocycles. The van der Waals surface area contributed by atoms with Crippen molar-refractivity contribution in [2.24, 2.45) is 0 Å². The summed E-state index contributed by atoms with van der Waals surface area (Å²) in [4.78, 5) is 41.9. The van der Waals surface area contributed by atoms with Gasteiger partial charge >= 0.3 is 0 Å². The summed E-state index contributed by atoms with van der Waals surface area (Å²) in [5.74, 6) is -0.358. The highest BCUT2D eigenvalue weighted by Crippen LogP contribution is 2.31. The molecule has 2 aromatic rings. The molecule has 0 bridgehead atoms. The van der Waals surface area contributed by atoms with Gasteiger partial charge in [0.2, 0.25) is 5.91 Å². The zero-order chi connectivity index (χ0) is 24.9. The number of carbonyl (C=O) groups is 2. The molecular formula is C25H30ClN5O4. The van der Waals surface area contributed by atoms with E-state index in [4.69, 9.17) is 11.6 Å². The predicted molar refractivity (Wildman–Crippen MR) is 135 cm³/mol. The van der Waals surface area contributed by atoms with Crippen LogP contribution in [0.15, 0.2) is 42.5 Å². The van der Waals surface area contributed by atoms with Crippen LogP contribution in [0, 0.1) is 10.1 Å². The molecule has 0 saturated carbocycles. The Morgan fingerprint density at radius 2 is 1.77 bits per heavy atom. The zero-order valence-electron chi connectivity index (χ0n) is 19.8. The van der Waals surface area contributed by atoms with Crippen LogP contribution in [0.3, 0.4) is 0 Å². The number of benzene rings is 2. The Hall–Kier alpha value is -3.17. The molecule has 0 unspecified atom stereocenters. The summed E-state index contributed by atoms with van der Waals surface area (Å²) in [7, 11) is 0. The Kier molecular flexibility index (Phi) is 7.87. The number of amides is 2. The molecule has 2 amide bonds. The molecule has 2 fully saturated rings. The summed E-state index contributed by atoms with van der Waals surface area (Å²) in [5, 5.41) is 15.5. The Balaban J connectivity index is 1.48. The van der Waals surface area contributed by atoms with Crippen LogP contribution in [0.5, 0.6) is 0 Å². The van der Waals surface area contributed by atoms with Gasteiger partial charge in [0.25, 0.3) is 11.6 Å². The van der Waals surface area contributed by atoms with E-state index in [0.717, 1.165) is 31.5 Å². The van der Waals surface area contributed by atoms with E-state index in [9.17, 15) is 19.7 Å². The van der Waals surface area contributed by atoms with Crippen molar-refractivity contribution < 1.29 is 14.5 Å². The molecule has 35 heavy (non-hydrogen) atoms. The first-order valence-corrected chi connectivity index (χ1v) is 12.3. The largest absolute Gasteiger partial charge is 0.362 e. The van der Waals surface area contributed by atoms with E-state index in [-0.39, 0.29) is 29.1 Å². The van der Waals surface area contributed by atoms with Crippen LogP contribution in [-0.4, -0.2) is 72.4 Å². The molecule has 0 spiro atoms. The first kappa shape index (κ1) is 24.9. The number of anilines is 1. The molecule has 186 valence electrons. The van der Waals surface area contributed by atoms with Crippen molar-refractivity contribution in [2.45, 2.75) is 25.8 Å². The Morgan fingerprint density at radius 1 is 1.06 bits per heavy atom. The highest BCUT2D eigenvalue weighted by Gasteiger charge is 2.27. The summed E-state index contributed by atoms with van der Waals surface area (Å²) in [6.45, 7) is 5.82. The van der Waals surface area contributed by atoms with Crippen molar-refractivity contribution in [3.63, 3.8) is 0 Å². The smallest absolute Gasteiger partial charge is 0.293 e. The third kappa shape index (κ3) is 5.91. The maximum atomic E-state index is 13.0. The minimum Gasteiger partial charge on any atom is -0.362 e. The standard InChI is InChI=1S/C25H30ClN5O4/c1-18(32)28-11-13-30(14-12-28)22-8-7-20(16-23(22)31(34)35)25(33)27-17-24(29-9-2-3-10-29)19-5-4-6-21(26)15-19/h4-8,15-16,24H,2-3,9-14,17H2,1H3,(H,27,33)/t24-/m1/s1. The summed E-state index contributed by atoms with van der Waals surface area (Å²) >= 11 is 6.21. The highest BCUT2D eigenvalue weighted by molar-refractivity contribution is 6.30. The van der Waals surface area contributed by atoms with Crippen LogP contribution in [-0.2, 0) is 4.79 Å². The number of nitro benzene ring substituents is 1. The van der Waals surface area contributed by atoms with Crippen molar-refractivity contribution in [3.05, 3.63) is 68.7 Å². The van der Waals surface area contributed by atoms with Crippen molar-refractivity contribution in [1.29, 1.82) is 0 Å². The van der Waals surface area contributed by atoms with Gasteiger partial charge in [0.1, 0.15) is 5.69 Å². The summed E-state index contributed by atoms with van der Waals surface area (Å²) in [6, 6.07) is 12.2. The lowest BCUT2D eigenvalue weighted by atomic mass is 10.0. The van der Waals surface area contributed by atoms with Gasteiger partial charge < -0.3 is 15.1 Å². The first-order chi connectivity index (χ1) is 16.8. The molecule has 0 aliphatic carbocycles. The monoisotopic (exact) mass is 499 g/mol. The second-order valence-electron chi connectivity index (χ2n) is 8.98. The third-order valence-electron chi connectivity index (χ3n) is 6.77. The van der Waals surface area contributed by atoms with Gasteiger partial charge in [0.05, 0.1) is 11.0 Å². The molecular weight excluding hydrogens is 470 g/mol. The van der Waals surface area contributed by atoms with Crippen LogP contribution in [0.1, 0.15) is 41.7 Å². The van der Waals surface area contributed by atoms with Gasteiger partial charge in [-0.2, -0.15) is 0 Å². The van der Waals surface area contributed by atoms with Crippen LogP contribution in [0.2, 0.25) is 5.02 Å². The summed E-state index contributed by atoms with van der Waals surface area (Å²) < 4.78 is 0. The van der Waals surface area contributed by atoms with Crippen LogP contribution in [0.25, 0.3) is 0 Å². The number of nitrogens with one attached hydrogen (secondary N) is 1. The van der Waals surface area contributed by atoms with Crippen LogP contribution in [0.4, 0.5) is 11.4 Å². The molecule has 9 nitrogen and oxygen atoms in total. The van der Waals surface area contributed by atoms with Gasteiger partial charge in [0.15, 0.2) is 0 Å². The molecule has 0 radical (unpaired) electrons. The van der Waals surface area contributed by atoms with Crippen LogP contribution >= 0.6 is 11.6 Å². The summed E-state index contributed by atoms with van der Waals surface area (Å²) in [5.41, 5.74) is 1.63. The third-order valence-corrected chi connectivity index (χ3v) is 7.01. The van der Waals surface area contributed by atoms with Gasteiger partial charge in [-0.3, -0.25) is 24.6 Å². The van der Waals surface area contributed by atoms with Gasteiger partial charge in [-0.1, -0.05) is 23.7 Å². The molecule has 2 saturated heterocycles. The Labute approximate surface area is 209 Å². The minimum atomic E-state index is -0.456. The lowest BCUT2D eigenvalue weighted by Crippen LogP contribution is -2.48. The van der Waals surface area contributed by atoms with Gasteiger partial charge in [-0.15, -0.1) is 0 Å². The fourth-order valence-electron chi connectivity index (χ4n) is 4.86. The highest BCUT2D eigenvalue weighted by atomic mass is 35.5. The number of rotatable bonds is 7. The molecule has 2 heterocycles. The normalized spacial score (nSPS) is 17.3. The van der Waals surface area contributed by atoms with Crippen LogP contribution < -0.4 is 10.2 Å². The predicted octanol–water partition coefficient (Wildman–Crippen LogP) is 3.48. The Bertz CT molecular complexity index is 1100. The minimum absolute atomic E-state index is 0.00354. The second-order valence-corrected chi connectivity index (χ2v) is 9.41. The second kappa shape index (κ2) is 11.0. The van der Waals surface area contributed by atoms with E-state index < -0.39 is 4.92 Å². The van der Waals surface area contributed by atoms with E-state index in [1.165, 1.54) is 13.0 Å². The molecule has 2 aliphatic heterocycles. The molecule has 1 atom stereocenters. The van der Waals surface area contributed by atoms with E-state index in [0.29, 0.717) is 43.4 Å². The Morgan fingerprint density at radius 3 is 2.40 bits per heavy atom. The van der Waals surface area contributed by atoms with Crippen molar-refractivity contribution in [2.75, 3.05) is 50.7 Å². The van der Waals surface area contributed by atoms with Crippen molar-refractivity contribution in [1.82, 2.24) is 15.1 Å². The first-order valence-electron chi connectivity index (χ1n) is 11.9. The molecule has 2 aliphatic rings. The average molecular weight is 500 g/mol. The zero-order valence-corrected chi connectivity index (χ0v) is 20.5. The SMILES string of the molecule is CC(=O)N1CCN(c2ccc(C(=O)NC[C@H](c3cccc(Cl)c3)N3CCCC3)cc2[N+](=O)[O-])CC1. The number of halogens is 1. The topological polar surface area (TPSA) is 99.0 Å². The number of hydrogen-bond donors (Lipinski definition) is 1. The van der Waals surface area contributed by atoms with Gasteiger partial charge in [-0.05, 0) is 55.8 Å². The van der Waals surface area contributed by atoms with E-state index in [1.54, 1.807) is 17.0 Å². The quantitative estimate of drug-likeness (QED) is 0.462. The molecule has 4 rings (SSSR count). The fraction of sp³-hybridized carbons (Fsp3) is 0.440. The summed E-state index contributed by atoms with van der Waals surface area (Å²) in [6.07, 6.45) is 2.22. The maximum Gasteiger partial charge on any atom is 0.293 e. The molecule has 2 aromatic carbocycles. The van der Waals surface area contributed by atoms with Crippen molar-refractivity contribution >= 4 is 34.8 Å². The number of nitrogens with zero attached hydrogens (tertiary/aromatic N) is 4. The number of nitro groups is 1. The van der Waals surface area contributed by atoms with E-state index >= 15 is 0 Å². The lowest BCUT2D eigenvalue weighted by molar-refractivity contribution is -0.384. The van der Waals surface area contributed by atoms with Gasteiger partial charge in [-0.25, -0.2) is 0 Å². The molecule has 10 heteroatoms. The number of hydrogen-bond acceptors (Lipinski definition) is 6. The number of likely N-dealkylation sites (tertiary alicyclic amines) is 1. The number of carbonyl (C=O) groups excluding carboxylic acids is 2. The number of piperazine rings is 1. The van der Waals surface area contributed by atoms with E-state index in [2.05, 4.69) is 10.2 Å². The van der Waals surface area contributed by atoms with Gasteiger partial charge in [0, 0.05) is 56.3 Å². The fourth-order valence-corrected chi connectivity index (χ4v) is 5.06. The maximum absolute atomic E-state index is 13.0.